The Hall–Kier alpha value is -3.15. The Morgan fingerprint density at radius 2 is 1.56 bits per heavy atom. The summed E-state index contributed by atoms with van der Waals surface area (Å²) >= 11 is 0. The minimum atomic E-state index is -0.245. The lowest BCUT2D eigenvalue weighted by atomic mass is 9.95. The highest BCUT2D eigenvalue weighted by molar-refractivity contribution is 6.09. The van der Waals surface area contributed by atoms with Crippen molar-refractivity contribution in [2.24, 2.45) is 0 Å². The van der Waals surface area contributed by atoms with Gasteiger partial charge in [0.2, 0.25) is 11.8 Å². The predicted octanol–water partition coefficient (Wildman–Crippen LogP) is 3.58. The summed E-state index contributed by atoms with van der Waals surface area (Å²) in [5, 5.41) is 5.37. The van der Waals surface area contributed by atoms with Gasteiger partial charge in [-0.15, -0.1) is 0 Å². The Bertz CT molecular complexity index is 873. The van der Waals surface area contributed by atoms with E-state index in [4.69, 9.17) is 0 Å². The van der Waals surface area contributed by atoms with Crippen LogP contribution in [0, 0.1) is 0 Å². The van der Waals surface area contributed by atoms with Gasteiger partial charge in [-0.25, -0.2) is 0 Å². The van der Waals surface area contributed by atoms with E-state index in [2.05, 4.69) is 10.6 Å². The number of anilines is 3. The van der Waals surface area contributed by atoms with Crippen LogP contribution < -0.4 is 15.5 Å². The standard InChI is InChI=1S/C21H23N3O3/c1-13-8-9-16-6-4-5-7-20(16)24(13)21(27)17-10-18(22-14(2)25)12-19(11-17)23-15(3)26/h4-7,10-13H,8-9H2,1-3H3,(H,22,25)(H,23,26)/t13-/m0/s1. The van der Waals surface area contributed by atoms with Gasteiger partial charge in [-0.05, 0) is 49.6 Å². The quantitative estimate of drug-likeness (QED) is 0.872. The second kappa shape index (κ2) is 7.61. The van der Waals surface area contributed by atoms with Crippen molar-refractivity contribution in [3.05, 3.63) is 53.6 Å². The van der Waals surface area contributed by atoms with E-state index in [0.717, 1.165) is 24.1 Å². The number of para-hydroxylation sites is 1. The van der Waals surface area contributed by atoms with Crippen LogP contribution in [-0.4, -0.2) is 23.8 Å². The maximum absolute atomic E-state index is 13.3. The average molecular weight is 365 g/mol. The van der Waals surface area contributed by atoms with Gasteiger partial charge in [-0.3, -0.25) is 14.4 Å². The van der Waals surface area contributed by atoms with Crippen molar-refractivity contribution in [3.8, 4) is 0 Å². The van der Waals surface area contributed by atoms with Gasteiger partial charge in [0.15, 0.2) is 0 Å². The summed E-state index contributed by atoms with van der Waals surface area (Å²) in [5.74, 6) is -0.649. The Balaban J connectivity index is 2.03. The van der Waals surface area contributed by atoms with Crippen LogP contribution in [0.4, 0.5) is 17.1 Å². The smallest absolute Gasteiger partial charge is 0.258 e. The molecule has 0 saturated heterocycles. The van der Waals surface area contributed by atoms with Crippen LogP contribution >= 0.6 is 0 Å². The number of benzene rings is 2. The molecule has 140 valence electrons. The molecule has 0 unspecified atom stereocenters. The fourth-order valence-corrected chi connectivity index (χ4v) is 3.44. The molecule has 1 atom stereocenters. The summed E-state index contributed by atoms with van der Waals surface area (Å²) in [6.45, 7) is 4.82. The van der Waals surface area contributed by atoms with Crippen LogP contribution in [0.1, 0.15) is 43.1 Å². The second-order valence-corrected chi connectivity index (χ2v) is 6.85. The minimum Gasteiger partial charge on any atom is -0.326 e. The normalized spacial score (nSPS) is 15.7. The highest BCUT2D eigenvalue weighted by atomic mass is 16.2. The molecule has 2 aromatic rings. The van der Waals surface area contributed by atoms with E-state index >= 15 is 0 Å². The first kappa shape index (κ1) is 18.6. The topological polar surface area (TPSA) is 78.5 Å². The van der Waals surface area contributed by atoms with Crippen LogP contribution in [-0.2, 0) is 16.0 Å². The zero-order valence-corrected chi connectivity index (χ0v) is 15.7. The number of amides is 3. The molecule has 3 amide bonds. The zero-order valence-electron chi connectivity index (χ0n) is 15.7. The lowest BCUT2D eigenvalue weighted by molar-refractivity contribution is -0.115. The molecule has 1 aliphatic heterocycles. The van der Waals surface area contributed by atoms with E-state index in [0.29, 0.717) is 16.9 Å². The first-order valence-corrected chi connectivity index (χ1v) is 8.97. The first-order chi connectivity index (χ1) is 12.8. The number of carbonyl (C=O) groups is 3. The summed E-state index contributed by atoms with van der Waals surface area (Å²) in [7, 11) is 0. The number of fused-ring (bicyclic) bond motifs is 1. The largest absolute Gasteiger partial charge is 0.326 e. The lowest BCUT2D eigenvalue weighted by Crippen LogP contribution is -2.42. The van der Waals surface area contributed by atoms with E-state index in [1.807, 2.05) is 31.2 Å². The van der Waals surface area contributed by atoms with Gasteiger partial charge in [0.1, 0.15) is 0 Å². The van der Waals surface area contributed by atoms with Gasteiger partial charge in [0.05, 0.1) is 0 Å². The average Bonchev–Trinajstić information content (AvgIpc) is 2.59. The SMILES string of the molecule is CC(=O)Nc1cc(NC(C)=O)cc(C(=O)N2c3ccccc3CC[C@@H]2C)c1. The molecule has 6 heteroatoms. The van der Waals surface area contributed by atoms with E-state index in [9.17, 15) is 14.4 Å². The highest BCUT2D eigenvalue weighted by Crippen LogP contribution is 2.32. The number of nitrogens with one attached hydrogen (secondary N) is 2. The molecule has 0 aromatic heterocycles. The molecule has 3 rings (SSSR count). The summed E-state index contributed by atoms with van der Waals surface area (Å²) in [6.07, 6.45) is 1.82. The summed E-state index contributed by atoms with van der Waals surface area (Å²) in [4.78, 5) is 38.0. The maximum Gasteiger partial charge on any atom is 0.258 e. The van der Waals surface area contributed by atoms with Crippen molar-refractivity contribution in [2.45, 2.75) is 39.7 Å². The van der Waals surface area contributed by atoms with Crippen LogP contribution in [0.25, 0.3) is 0 Å². The number of nitrogens with zero attached hydrogens (tertiary/aromatic N) is 1. The van der Waals surface area contributed by atoms with Crippen LogP contribution in [0.2, 0.25) is 0 Å². The van der Waals surface area contributed by atoms with Crippen molar-refractivity contribution < 1.29 is 14.4 Å². The maximum atomic E-state index is 13.3. The van der Waals surface area contributed by atoms with E-state index in [-0.39, 0.29) is 23.8 Å². The van der Waals surface area contributed by atoms with Gasteiger partial charge in [0, 0.05) is 42.5 Å². The fourth-order valence-electron chi connectivity index (χ4n) is 3.44. The molecule has 6 nitrogen and oxygen atoms in total. The van der Waals surface area contributed by atoms with E-state index in [1.54, 1.807) is 23.1 Å². The third-order valence-corrected chi connectivity index (χ3v) is 4.56. The van der Waals surface area contributed by atoms with Gasteiger partial charge in [-0.1, -0.05) is 18.2 Å². The number of hydrogen-bond acceptors (Lipinski definition) is 3. The number of aryl methyl sites for hydroxylation is 1. The minimum absolute atomic E-state index is 0.0565. The third kappa shape index (κ3) is 4.16. The van der Waals surface area contributed by atoms with Crippen molar-refractivity contribution in [1.82, 2.24) is 0 Å². The molecule has 27 heavy (non-hydrogen) atoms. The molecule has 2 N–H and O–H groups in total. The predicted molar refractivity (Wildman–Crippen MR) is 106 cm³/mol. The summed E-state index contributed by atoms with van der Waals surface area (Å²) in [5.41, 5.74) is 3.40. The third-order valence-electron chi connectivity index (χ3n) is 4.56. The van der Waals surface area contributed by atoms with E-state index < -0.39 is 0 Å². The molecule has 1 heterocycles. The molecule has 0 radical (unpaired) electrons. The van der Waals surface area contributed by atoms with Gasteiger partial charge >= 0.3 is 0 Å². The van der Waals surface area contributed by atoms with Crippen LogP contribution in [0.15, 0.2) is 42.5 Å². The van der Waals surface area contributed by atoms with Crippen molar-refractivity contribution >= 4 is 34.8 Å². The monoisotopic (exact) mass is 365 g/mol. The Morgan fingerprint density at radius 1 is 0.963 bits per heavy atom. The van der Waals surface area contributed by atoms with Crippen LogP contribution in [0.5, 0.6) is 0 Å². The molecular weight excluding hydrogens is 342 g/mol. The molecule has 0 fully saturated rings. The molecule has 0 saturated carbocycles. The number of carbonyl (C=O) groups excluding carboxylic acids is 3. The summed E-state index contributed by atoms with van der Waals surface area (Å²) < 4.78 is 0. The summed E-state index contributed by atoms with van der Waals surface area (Å²) in [6, 6.07) is 12.9. The number of hydrogen-bond donors (Lipinski definition) is 2. The second-order valence-electron chi connectivity index (χ2n) is 6.85. The Kier molecular flexibility index (Phi) is 5.26. The lowest BCUT2D eigenvalue weighted by Gasteiger charge is -2.35. The van der Waals surface area contributed by atoms with Crippen molar-refractivity contribution in [3.63, 3.8) is 0 Å². The number of rotatable bonds is 3. The fraction of sp³-hybridized carbons (Fsp3) is 0.286. The van der Waals surface area contributed by atoms with Crippen molar-refractivity contribution in [2.75, 3.05) is 15.5 Å². The van der Waals surface area contributed by atoms with Gasteiger partial charge in [0.25, 0.3) is 5.91 Å². The molecule has 0 spiro atoms. The molecule has 0 aliphatic carbocycles. The molecule has 2 aromatic carbocycles. The molecular formula is C21H23N3O3. The zero-order chi connectivity index (χ0) is 19.6. The van der Waals surface area contributed by atoms with Crippen molar-refractivity contribution in [1.29, 1.82) is 0 Å². The van der Waals surface area contributed by atoms with Gasteiger partial charge in [-0.2, -0.15) is 0 Å². The van der Waals surface area contributed by atoms with Crippen LogP contribution in [0.3, 0.4) is 0 Å². The Morgan fingerprint density at radius 3 is 2.15 bits per heavy atom. The Labute approximate surface area is 158 Å². The van der Waals surface area contributed by atoms with Gasteiger partial charge < -0.3 is 15.5 Å². The molecule has 0 bridgehead atoms. The first-order valence-electron chi connectivity index (χ1n) is 8.97. The highest BCUT2D eigenvalue weighted by Gasteiger charge is 2.29. The molecule has 1 aliphatic rings. The van der Waals surface area contributed by atoms with E-state index in [1.165, 1.54) is 13.8 Å².